The maximum Gasteiger partial charge on any atom is 0.268 e. The summed E-state index contributed by atoms with van der Waals surface area (Å²) in [5.41, 5.74) is -0.426. The standard InChI is InChI=1S/C11H8N2O2S/c14-9-11(15,10-12-5-6-16-10)7-3-1-2-4-8(7)13-9/h1-6,15H,(H,13,14). The Bertz CT molecular complexity index is 553. The van der Waals surface area contributed by atoms with Gasteiger partial charge in [0.15, 0.2) is 0 Å². The van der Waals surface area contributed by atoms with Gasteiger partial charge in [-0.3, -0.25) is 4.79 Å². The Kier molecular flexibility index (Phi) is 1.86. The second-order valence-corrected chi connectivity index (χ2v) is 4.44. The first-order valence-corrected chi connectivity index (χ1v) is 5.64. The molecule has 0 fully saturated rings. The molecular weight excluding hydrogens is 224 g/mol. The van der Waals surface area contributed by atoms with Crippen LogP contribution in [0.2, 0.25) is 0 Å². The first-order chi connectivity index (χ1) is 7.73. The molecule has 16 heavy (non-hydrogen) atoms. The summed E-state index contributed by atoms with van der Waals surface area (Å²) in [6.07, 6.45) is 1.58. The predicted molar refractivity (Wildman–Crippen MR) is 60.2 cm³/mol. The number of anilines is 1. The van der Waals surface area contributed by atoms with Crippen LogP contribution in [0.25, 0.3) is 0 Å². The van der Waals surface area contributed by atoms with Crippen molar-refractivity contribution in [3.63, 3.8) is 0 Å². The van der Waals surface area contributed by atoms with Crippen molar-refractivity contribution < 1.29 is 9.90 Å². The second-order valence-electron chi connectivity index (χ2n) is 3.55. The summed E-state index contributed by atoms with van der Waals surface area (Å²) in [5, 5.41) is 15.3. The molecule has 0 radical (unpaired) electrons. The molecule has 1 amide bonds. The molecule has 1 aromatic heterocycles. The number of fused-ring (bicyclic) bond motifs is 1. The van der Waals surface area contributed by atoms with Crippen molar-refractivity contribution in [1.82, 2.24) is 4.98 Å². The summed E-state index contributed by atoms with van der Waals surface area (Å²) in [4.78, 5) is 15.9. The number of carbonyl (C=O) groups is 1. The van der Waals surface area contributed by atoms with Gasteiger partial charge in [-0.1, -0.05) is 18.2 Å². The molecule has 2 N–H and O–H groups in total. The van der Waals surface area contributed by atoms with Crippen LogP contribution in [0.4, 0.5) is 5.69 Å². The molecule has 4 nitrogen and oxygen atoms in total. The number of nitrogens with one attached hydrogen (secondary N) is 1. The highest BCUT2D eigenvalue weighted by molar-refractivity contribution is 7.09. The summed E-state index contributed by atoms with van der Waals surface area (Å²) in [6, 6.07) is 7.10. The number of rotatable bonds is 1. The Morgan fingerprint density at radius 3 is 2.94 bits per heavy atom. The molecule has 0 saturated carbocycles. The number of aromatic nitrogens is 1. The van der Waals surface area contributed by atoms with E-state index in [2.05, 4.69) is 10.3 Å². The first kappa shape index (κ1) is 9.50. The fourth-order valence-electron chi connectivity index (χ4n) is 1.86. The van der Waals surface area contributed by atoms with E-state index in [1.807, 2.05) is 6.07 Å². The summed E-state index contributed by atoms with van der Waals surface area (Å²) in [7, 11) is 0. The highest BCUT2D eigenvalue weighted by Crippen LogP contribution is 2.41. The maximum atomic E-state index is 11.9. The van der Waals surface area contributed by atoms with Crippen molar-refractivity contribution in [2.45, 2.75) is 5.60 Å². The number of nitrogens with zero attached hydrogens (tertiary/aromatic N) is 1. The molecule has 2 heterocycles. The summed E-state index contributed by atoms with van der Waals surface area (Å²) in [6.45, 7) is 0. The third-order valence-electron chi connectivity index (χ3n) is 2.64. The number of para-hydroxylation sites is 1. The Morgan fingerprint density at radius 1 is 1.38 bits per heavy atom. The summed E-state index contributed by atoms with van der Waals surface area (Å²) in [5.74, 6) is -0.441. The van der Waals surface area contributed by atoms with Gasteiger partial charge in [0.2, 0.25) is 5.60 Å². The third-order valence-corrected chi connectivity index (χ3v) is 3.52. The normalized spacial score (nSPS) is 22.9. The number of hydrogen-bond donors (Lipinski definition) is 2. The second kappa shape index (κ2) is 3.13. The van der Waals surface area contributed by atoms with Crippen LogP contribution in [0.15, 0.2) is 35.8 Å². The number of hydrogen-bond acceptors (Lipinski definition) is 4. The van der Waals surface area contributed by atoms with Crippen LogP contribution in [0.1, 0.15) is 10.6 Å². The van der Waals surface area contributed by atoms with Crippen LogP contribution in [0, 0.1) is 0 Å². The van der Waals surface area contributed by atoms with Gasteiger partial charge in [-0.05, 0) is 6.07 Å². The number of aliphatic hydroxyl groups is 1. The molecule has 2 aromatic rings. The number of thiazole rings is 1. The Morgan fingerprint density at radius 2 is 2.19 bits per heavy atom. The van der Waals surface area contributed by atoms with E-state index in [4.69, 9.17) is 0 Å². The Hall–Kier alpha value is -1.72. The third kappa shape index (κ3) is 1.07. The van der Waals surface area contributed by atoms with Crippen LogP contribution in [-0.2, 0) is 10.4 Å². The molecule has 0 saturated heterocycles. The average molecular weight is 232 g/mol. The lowest BCUT2D eigenvalue weighted by molar-refractivity contribution is -0.129. The van der Waals surface area contributed by atoms with Gasteiger partial charge < -0.3 is 10.4 Å². The van der Waals surface area contributed by atoms with Crippen molar-refractivity contribution in [3.05, 3.63) is 46.4 Å². The van der Waals surface area contributed by atoms with Gasteiger partial charge in [-0.25, -0.2) is 4.98 Å². The fourth-order valence-corrected chi connectivity index (χ4v) is 2.60. The van der Waals surface area contributed by atoms with Gasteiger partial charge >= 0.3 is 0 Å². The zero-order chi connectivity index (χ0) is 11.2. The van der Waals surface area contributed by atoms with E-state index < -0.39 is 11.5 Å². The van der Waals surface area contributed by atoms with Gasteiger partial charge in [0.25, 0.3) is 5.91 Å². The predicted octanol–water partition coefficient (Wildman–Crippen LogP) is 1.33. The number of carbonyl (C=O) groups excluding carboxylic acids is 1. The first-order valence-electron chi connectivity index (χ1n) is 4.76. The van der Waals surface area contributed by atoms with Crippen LogP contribution < -0.4 is 5.32 Å². The minimum absolute atomic E-state index is 0.398. The van der Waals surface area contributed by atoms with Crippen molar-refractivity contribution in [3.8, 4) is 0 Å². The molecule has 1 unspecified atom stereocenters. The van der Waals surface area contributed by atoms with E-state index in [0.717, 1.165) is 0 Å². The quantitative estimate of drug-likeness (QED) is 0.779. The van der Waals surface area contributed by atoms with Gasteiger partial charge in [-0.15, -0.1) is 11.3 Å². The molecule has 80 valence electrons. The van der Waals surface area contributed by atoms with Crippen molar-refractivity contribution in [2.24, 2.45) is 0 Å². The minimum atomic E-state index is -1.63. The SMILES string of the molecule is O=C1Nc2ccccc2C1(O)c1nccs1. The average Bonchev–Trinajstić information content (AvgIpc) is 2.89. The molecule has 1 aromatic carbocycles. The van der Waals surface area contributed by atoms with E-state index in [1.165, 1.54) is 11.3 Å². The number of amides is 1. The largest absolute Gasteiger partial charge is 0.370 e. The molecule has 0 spiro atoms. The monoisotopic (exact) mass is 232 g/mol. The molecule has 1 atom stereocenters. The number of benzene rings is 1. The van der Waals surface area contributed by atoms with Crippen LogP contribution >= 0.6 is 11.3 Å². The lowest BCUT2D eigenvalue weighted by atomic mass is 9.96. The lowest BCUT2D eigenvalue weighted by Crippen LogP contribution is -2.35. The highest BCUT2D eigenvalue weighted by atomic mass is 32.1. The van der Waals surface area contributed by atoms with E-state index in [0.29, 0.717) is 16.3 Å². The van der Waals surface area contributed by atoms with Crippen LogP contribution in [-0.4, -0.2) is 16.0 Å². The molecule has 5 heteroatoms. The van der Waals surface area contributed by atoms with E-state index in [1.54, 1.807) is 29.8 Å². The van der Waals surface area contributed by atoms with Gasteiger partial charge in [0.05, 0.1) is 0 Å². The molecule has 1 aliphatic heterocycles. The smallest absolute Gasteiger partial charge is 0.268 e. The van der Waals surface area contributed by atoms with Gasteiger partial charge in [0, 0.05) is 22.8 Å². The zero-order valence-corrected chi connectivity index (χ0v) is 8.99. The molecule has 0 bridgehead atoms. The van der Waals surface area contributed by atoms with Crippen molar-refractivity contribution in [1.29, 1.82) is 0 Å². The molecule has 3 rings (SSSR count). The molecule has 1 aliphatic rings. The zero-order valence-electron chi connectivity index (χ0n) is 8.18. The van der Waals surface area contributed by atoms with Gasteiger partial charge in [-0.2, -0.15) is 0 Å². The fraction of sp³-hybridized carbons (Fsp3) is 0.0909. The Labute approximate surface area is 95.6 Å². The van der Waals surface area contributed by atoms with Gasteiger partial charge in [0.1, 0.15) is 5.01 Å². The Balaban J connectivity index is 2.25. The lowest BCUT2D eigenvalue weighted by Gasteiger charge is -2.17. The topological polar surface area (TPSA) is 62.2 Å². The summed E-state index contributed by atoms with van der Waals surface area (Å²) >= 11 is 1.26. The molecule has 0 aliphatic carbocycles. The van der Waals surface area contributed by atoms with Crippen LogP contribution in [0.3, 0.4) is 0 Å². The van der Waals surface area contributed by atoms with Crippen LogP contribution in [0.5, 0.6) is 0 Å². The maximum absolute atomic E-state index is 11.9. The van der Waals surface area contributed by atoms with Crippen molar-refractivity contribution in [2.75, 3.05) is 5.32 Å². The summed E-state index contributed by atoms with van der Waals surface area (Å²) < 4.78 is 0. The minimum Gasteiger partial charge on any atom is -0.370 e. The van der Waals surface area contributed by atoms with E-state index in [9.17, 15) is 9.90 Å². The van der Waals surface area contributed by atoms with Crippen molar-refractivity contribution >= 4 is 22.9 Å². The van der Waals surface area contributed by atoms with E-state index >= 15 is 0 Å². The highest BCUT2D eigenvalue weighted by Gasteiger charge is 2.48. The molecular formula is C11H8N2O2S. The van der Waals surface area contributed by atoms with E-state index in [-0.39, 0.29) is 0 Å².